The van der Waals surface area contributed by atoms with Crippen LogP contribution in [0.5, 0.6) is 0 Å². The number of amides is 1. The molecule has 0 aliphatic heterocycles. The number of carbonyl (C=O) groups excluding carboxylic acids is 1. The molecule has 1 aliphatic rings. The Morgan fingerprint density at radius 3 is 2.12 bits per heavy atom. The summed E-state index contributed by atoms with van der Waals surface area (Å²) in [6.07, 6.45) is 0.360. The number of nitrogens with zero attached hydrogens (tertiary/aromatic N) is 1. The van der Waals surface area contributed by atoms with Gasteiger partial charge in [-0.25, -0.2) is 0 Å². The zero-order chi connectivity index (χ0) is 12.9. The quantitative estimate of drug-likeness (QED) is 0.781. The Bertz CT molecular complexity index is 248. The van der Waals surface area contributed by atoms with Crippen molar-refractivity contribution >= 4 is 5.91 Å². The number of carbonyl (C=O) groups is 1. The second-order valence-electron chi connectivity index (χ2n) is 4.43. The first-order valence-corrected chi connectivity index (χ1v) is 6.04. The maximum atomic E-state index is 12.4. The van der Waals surface area contributed by atoms with E-state index >= 15 is 0 Å². The summed E-state index contributed by atoms with van der Waals surface area (Å²) in [6.45, 7) is 0.0569. The van der Waals surface area contributed by atoms with Gasteiger partial charge in [0.15, 0.2) is 0 Å². The van der Waals surface area contributed by atoms with Crippen LogP contribution in [0.4, 0.5) is 13.2 Å². The molecule has 0 spiro atoms. The molecular formula is C11H19F3N2O. The molecule has 100 valence electrons. The Morgan fingerprint density at radius 1 is 1.18 bits per heavy atom. The molecule has 0 unspecified atom stereocenters. The van der Waals surface area contributed by atoms with Gasteiger partial charge in [0.2, 0.25) is 0 Å². The van der Waals surface area contributed by atoms with Crippen molar-refractivity contribution in [2.24, 2.45) is 5.73 Å². The number of alkyl halides is 3. The average Bonchev–Trinajstić information content (AvgIpc) is 2.52. The van der Waals surface area contributed by atoms with E-state index < -0.39 is 12.1 Å². The topological polar surface area (TPSA) is 46.3 Å². The summed E-state index contributed by atoms with van der Waals surface area (Å²) in [5.41, 5.74) is 5.29. The van der Waals surface area contributed by atoms with Crippen LogP contribution < -0.4 is 5.73 Å². The predicted molar refractivity (Wildman–Crippen MR) is 58.3 cm³/mol. The van der Waals surface area contributed by atoms with Crippen LogP contribution in [0.2, 0.25) is 0 Å². The van der Waals surface area contributed by atoms with Gasteiger partial charge in [0.05, 0.1) is 0 Å². The van der Waals surface area contributed by atoms with Crippen molar-refractivity contribution in [1.82, 2.24) is 4.90 Å². The molecule has 0 aromatic carbocycles. The fraction of sp³-hybridized carbons (Fsp3) is 0.909. The van der Waals surface area contributed by atoms with E-state index in [1.54, 1.807) is 0 Å². The highest BCUT2D eigenvalue weighted by molar-refractivity contribution is 5.82. The number of hydrogen-bond acceptors (Lipinski definition) is 2. The molecule has 0 radical (unpaired) electrons. The third-order valence-corrected chi connectivity index (χ3v) is 3.14. The van der Waals surface area contributed by atoms with Gasteiger partial charge in [0, 0.05) is 19.1 Å². The van der Waals surface area contributed by atoms with Crippen molar-refractivity contribution in [2.75, 3.05) is 13.1 Å². The highest BCUT2D eigenvalue weighted by Crippen LogP contribution is 2.26. The van der Waals surface area contributed by atoms with Crippen LogP contribution in [0.25, 0.3) is 0 Å². The van der Waals surface area contributed by atoms with Gasteiger partial charge < -0.3 is 10.6 Å². The normalized spacial score (nSPS) is 18.8. The third kappa shape index (κ3) is 4.18. The van der Waals surface area contributed by atoms with Crippen LogP contribution in [-0.2, 0) is 4.79 Å². The van der Waals surface area contributed by atoms with E-state index in [4.69, 9.17) is 5.73 Å². The first-order chi connectivity index (χ1) is 7.96. The van der Waals surface area contributed by atoms with Crippen LogP contribution in [0, 0.1) is 0 Å². The summed E-state index contributed by atoms with van der Waals surface area (Å²) < 4.78 is 37.3. The minimum atomic E-state index is -4.79. The van der Waals surface area contributed by atoms with Gasteiger partial charge in [-0.2, -0.15) is 13.2 Å². The molecule has 0 saturated heterocycles. The predicted octanol–water partition coefficient (Wildman–Crippen LogP) is 2.06. The van der Waals surface area contributed by atoms with Crippen molar-refractivity contribution in [1.29, 1.82) is 0 Å². The second-order valence-corrected chi connectivity index (χ2v) is 4.43. The second kappa shape index (κ2) is 6.23. The van der Waals surface area contributed by atoms with Gasteiger partial charge in [-0.3, -0.25) is 4.79 Å². The summed E-state index contributed by atoms with van der Waals surface area (Å²) in [7, 11) is 0. The fourth-order valence-corrected chi connectivity index (χ4v) is 2.32. The van der Waals surface area contributed by atoms with E-state index in [2.05, 4.69) is 0 Å². The Labute approximate surface area is 99.1 Å². The highest BCUT2D eigenvalue weighted by Gasteiger charge is 2.44. The first-order valence-electron chi connectivity index (χ1n) is 6.04. The molecule has 17 heavy (non-hydrogen) atoms. The molecule has 1 aliphatic carbocycles. The molecule has 2 N–H and O–H groups in total. The van der Waals surface area contributed by atoms with E-state index in [0.717, 1.165) is 30.6 Å². The summed E-state index contributed by atoms with van der Waals surface area (Å²) >= 11 is 0. The summed E-state index contributed by atoms with van der Waals surface area (Å²) in [4.78, 5) is 12.2. The molecule has 0 atom stereocenters. The molecule has 0 heterocycles. The Balaban J connectivity index is 2.72. The van der Waals surface area contributed by atoms with Crippen LogP contribution in [0.15, 0.2) is 0 Å². The molecular weight excluding hydrogens is 233 g/mol. The summed E-state index contributed by atoms with van der Waals surface area (Å²) in [5.74, 6) is -1.74. The molecule has 1 amide bonds. The molecule has 0 aromatic heterocycles. The largest absolute Gasteiger partial charge is 0.471 e. The lowest BCUT2D eigenvalue weighted by molar-refractivity contribution is -0.188. The molecule has 1 fully saturated rings. The number of halogens is 3. The number of nitrogens with two attached hydrogens (primary N) is 1. The lowest BCUT2D eigenvalue weighted by Gasteiger charge is -2.31. The van der Waals surface area contributed by atoms with Crippen molar-refractivity contribution in [3.05, 3.63) is 0 Å². The Kier molecular flexibility index (Phi) is 5.24. The van der Waals surface area contributed by atoms with Gasteiger partial charge in [0.1, 0.15) is 0 Å². The van der Waals surface area contributed by atoms with Crippen LogP contribution in [0.3, 0.4) is 0 Å². The molecule has 1 saturated carbocycles. The van der Waals surface area contributed by atoms with Crippen molar-refractivity contribution in [2.45, 2.75) is 50.7 Å². The monoisotopic (exact) mass is 252 g/mol. The zero-order valence-corrected chi connectivity index (χ0v) is 9.80. The van der Waals surface area contributed by atoms with Gasteiger partial charge in [-0.1, -0.05) is 25.7 Å². The number of hydrogen-bond donors (Lipinski definition) is 1. The first kappa shape index (κ1) is 14.3. The summed E-state index contributed by atoms with van der Waals surface area (Å²) in [5, 5.41) is 0. The smallest absolute Gasteiger partial charge is 0.331 e. The van der Waals surface area contributed by atoms with E-state index in [-0.39, 0.29) is 19.1 Å². The zero-order valence-electron chi connectivity index (χ0n) is 9.80. The maximum Gasteiger partial charge on any atom is 0.471 e. The molecule has 6 heteroatoms. The van der Waals surface area contributed by atoms with Crippen LogP contribution in [0.1, 0.15) is 38.5 Å². The molecule has 3 nitrogen and oxygen atoms in total. The standard InChI is InChI=1S/C11H19F3N2O/c12-11(13,14)10(17)16(8-7-15)9-5-3-1-2-4-6-9/h9H,1-8,15H2. The third-order valence-electron chi connectivity index (χ3n) is 3.14. The van der Waals surface area contributed by atoms with E-state index in [0.29, 0.717) is 12.8 Å². The minimum absolute atomic E-state index is 0.0109. The fourth-order valence-electron chi connectivity index (χ4n) is 2.32. The Morgan fingerprint density at radius 2 is 1.71 bits per heavy atom. The Hall–Kier alpha value is -0.780. The molecule has 0 bridgehead atoms. The van der Waals surface area contributed by atoms with Gasteiger partial charge >= 0.3 is 12.1 Å². The molecule has 1 rings (SSSR count). The van der Waals surface area contributed by atoms with Gasteiger partial charge in [-0.05, 0) is 12.8 Å². The minimum Gasteiger partial charge on any atom is -0.331 e. The SMILES string of the molecule is NCCN(C(=O)C(F)(F)F)C1CCCCCC1. The highest BCUT2D eigenvalue weighted by atomic mass is 19.4. The van der Waals surface area contributed by atoms with E-state index in [1.807, 2.05) is 0 Å². The summed E-state index contributed by atoms with van der Waals surface area (Å²) in [6, 6.07) is -0.296. The van der Waals surface area contributed by atoms with Crippen molar-refractivity contribution in [3.8, 4) is 0 Å². The van der Waals surface area contributed by atoms with Crippen molar-refractivity contribution in [3.63, 3.8) is 0 Å². The number of rotatable bonds is 3. The maximum absolute atomic E-state index is 12.4. The van der Waals surface area contributed by atoms with Crippen LogP contribution in [-0.4, -0.2) is 36.1 Å². The van der Waals surface area contributed by atoms with Crippen molar-refractivity contribution < 1.29 is 18.0 Å². The van der Waals surface area contributed by atoms with Crippen LogP contribution >= 0.6 is 0 Å². The lowest BCUT2D eigenvalue weighted by atomic mass is 10.1. The van der Waals surface area contributed by atoms with E-state index in [1.165, 1.54) is 0 Å². The van der Waals surface area contributed by atoms with E-state index in [9.17, 15) is 18.0 Å². The lowest BCUT2D eigenvalue weighted by Crippen LogP contribution is -2.49. The average molecular weight is 252 g/mol. The molecule has 0 aromatic rings. The van der Waals surface area contributed by atoms with Gasteiger partial charge in [-0.15, -0.1) is 0 Å². The van der Waals surface area contributed by atoms with Gasteiger partial charge in [0.25, 0.3) is 0 Å².